The second-order valence-corrected chi connectivity index (χ2v) is 7.52. The van der Waals surface area contributed by atoms with Gasteiger partial charge in [-0.15, -0.1) is 5.06 Å². The lowest BCUT2D eigenvalue weighted by Gasteiger charge is -2.55. The van der Waals surface area contributed by atoms with Crippen LogP contribution in [0, 0.1) is 5.92 Å². The first-order valence-electron chi connectivity index (χ1n) is 7.85. The number of hydrogen-bond acceptors (Lipinski definition) is 5. The summed E-state index contributed by atoms with van der Waals surface area (Å²) in [5, 5.41) is 1.76. The lowest BCUT2D eigenvalue weighted by Crippen LogP contribution is -2.67. The van der Waals surface area contributed by atoms with Gasteiger partial charge in [-0.05, 0) is 52.9 Å². The van der Waals surface area contributed by atoms with Crippen LogP contribution >= 0.6 is 0 Å². The normalized spacial score (nSPS) is 36.1. The molecule has 0 aliphatic carbocycles. The first-order valence-corrected chi connectivity index (χ1v) is 7.85. The average Bonchev–Trinajstić information content (AvgIpc) is 2.36. The third-order valence-electron chi connectivity index (χ3n) is 4.57. The van der Waals surface area contributed by atoms with Gasteiger partial charge in [0.05, 0.1) is 11.1 Å². The van der Waals surface area contributed by atoms with E-state index in [0.29, 0.717) is 25.7 Å². The fraction of sp³-hybridized carbons (Fsp3) is 0.875. The zero-order chi connectivity index (χ0) is 15.8. The van der Waals surface area contributed by atoms with Gasteiger partial charge < -0.3 is 9.57 Å². The van der Waals surface area contributed by atoms with E-state index >= 15 is 0 Å². The number of hydroxylamine groups is 2. The Balaban J connectivity index is 2.38. The fourth-order valence-electron chi connectivity index (χ4n) is 3.96. The van der Waals surface area contributed by atoms with Crippen LogP contribution in [0.3, 0.4) is 0 Å². The molecule has 0 amide bonds. The second kappa shape index (κ2) is 5.59. The topological polar surface area (TPSA) is 55.8 Å². The summed E-state index contributed by atoms with van der Waals surface area (Å²) in [5.74, 6) is -0.178. The molecule has 21 heavy (non-hydrogen) atoms. The van der Waals surface area contributed by atoms with Gasteiger partial charge in [0.1, 0.15) is 6.10 Å². The standard InChI is InChI=1S/C16H27NO4/c1-11-10-15(2,3)17-16(4,5)14(11)20-12(18)8-6-7-9-13(19)21-17/h11,14H,6-10H2,1-5H3. The first-order chi connectivity index (χ1) is 9.64. The quantitative estimate of drug-likeness (QED) is 0.644. The van der Waals surface area contributed by atoms with Gasteiger partial charge in [0.2, 0.25) is 0 Å². The molecule has 2 heterocycles. The number of nitrogens with zero attached hydrogens (tertiary/aromatic N) is 1. The molecule has 2 fully saturated rings. The minimum Gasteiger partial charge on any atom is -0.460 e. The van der Waals surface area contributed by atoms with Crippen LogP contribution in [0.15, 0.2) is 0 Å². The molecule has 0 spiro atoms. The molecule has 2 aliphatic heterocycles. The Hall–Kier alpha value is -1.10. The third-order valence-corrected chi connectivity index (χ3v) is 4.57. The van der Waals surface area contributed by atoms with Crippen molar-refractivity contribution in [1.29, 1.82) is 0 Å². The van der Waals surface area contributed by atoms with Crippen LogP contribution in [0.1, 0.15) is 66.7 Å². The van der Waals surface area contributed by atoms with E-state index in [0.717, 1.165) is 6.42 Å². The van der Waals surface area contributed by atoms with Crippen molar-refractivity contribution in [3.05, 3.63) is 0 Å². The lowest BCUT2D eigenvalue weighted by atomic mass is 9.73. The summed E-state index contributed by atoms with van der Waals surface area (Å²) < 4.78 is 5.74. The number of piperidine rings is 1. The smallest absolute Gasteiger partial charge is 0.325 e. The molecule has 2 rings (SSSR count). The maximum atomic E-state index is 12.1. The van der Waals surface area contributed by atoms with Gasteiger partial charge in [0, 0.05) is 12.8 Å². The van der Waals surface area contributed by atoms with E-state index in [1.165, 1.54) is 0 Å². The molecule has 5 heteroatoms. The number of esters is 1. The molecule has 120 valence electrons. The van der Waals surface area contributed by atoms with Gasteiger partial charge in [-0.1, -0.05) is 6.92 Å². The molecular formula is C16H27NO4. The van der Waals surface area contributed by atoms with E-state index in [4.69, 9.17) is 9.57 Å². The summed E-state index contributed by atoms with van der Waals surface area (Å²) in [5.41, 5.74) is -0.827. The molecule has 5 nitrogen and oxygen atoms in total. The molecule has 0 saturated carbocycles. The molecule has 0 aromatic rings. The van der Waals surface area contributed by atoms with Gasteiger partial charge in [-0.3, -0.25) is 9.59 Å². The average molecular weight is 297 g/mol. The number of ether oxygens (including phenoxy) is 1. The van der Waals surface area contributed by atoms with E-state index in [1.54, 1.807) is 5.06 Å². The zero-order valence-electron chi connectivity index (χ0n) is 13.8. The Kier molecular flexibility index (Phi) is 4.34. The van der Waals surface area contributed by atoms with Crippen molar-refractivity contribution in [1.82, 2.24) is 5.06 Å². The SMILES string of the molecule is CC1CC(C)(C)N2OC(=O)CCCCC(=O)OC1C2(C)C. The molecule has 0 aromatic heterocycles. The Bertz CT molecular complexity index is 430. The third kappa shape index (κ3) is 3.23. The Morgan fingerprint density at radius 2 is 1.62 bits per heavy atom. The van der Waals surface area contributed by atoms with E-state index in [1.807, 2.05) is 13.8 Å². The van der Waals surface area contributed by atoms with Crippen molar-refractivity contribution >= 4 is 11.9 Å². The van der Waals surface area contributed by atoms with Crippen molar-refractivity contribution < 1.29 is 19.2 Å². The van der Waals surface area contributed by atoms with E-state index in [9.17, 15) is 9.59 Å². The lowest BCUT2D eigenvalue weighted by molar-refractivity contribution is -0.295. The molecule has 2 aliphatic rings. The van der Waals surface area contributed by atoms with Gasteiger partial charge in [-0.25, -0.2) is 0 Å². The number of carbonyl (C=O) groups excluding carboxylic acids is 2. The summed E-state index contributed by atoms with van der Waals surface area (Å²) >= 11 is 0. The predicted molar refractivity (Wildman–Crippen MR) is 78.2 cm³/mol. The molecule has 2 bridgehead atoms. The summed E-state index contributed by atoms with van der Waals surface area (Å²) in [6.07, 6.45) is 2.57. The maximum Gasteiger partial charge on any atom is 0.325 e. The molecule has 0 radical (unpaired) electrons. The van der Waals surface area contributed by atoms with Crippen molar-refractivity contribution in [2.75, 3.05) is 0 Å². The van der Waals surface area contributed by atoms with Crippen LogP contribution in [-0.2, 0) is 19.2 Å². The summed E-state index contributed by atoms with van der Waals surface area (Å²) in [6.45, 7) is 10.2. The van der Waals surface area contributed by atoms with Gasteiger partial charge in [-0.2, -0.15) is 0 Å². The Morgan fingerprint density at radius 3 is 2.24 bits per heavy atom. The predicted octanol–water partition coefficient (Wildman–Crippen LogP) is 2.83. The highest BCUT2D eigenvalue weighted by molar-refractivity contribution is 5.71. The van der Waals surface area contributed by atoms with Crippen LogP contribution in [0.5, 0.6) is 0 Å². The largest absolute Gasteiger partial charge is 0.460 e. The highest BCUT2D eigenvalue weighted by atomic mass is 16.7. The monoisotopic (exact) mass is 297 g/mol. The van der Waals surface area contributed by atoms with Crippen molar-refractivity contribution in [3.63, 3.8) is 0 Å². The Labute approximate surface area is 126 Å². The number of rotatable bonds is 0. The molecule has 0 N–H and O–H groups in total. The van der Waals surface area contributed by atoms with Crippen molar-refractivity contribution in [2.45, 2.75) is 83.9 Å². The molecule has 3 unspecified atom stereocenters. The number of fused-ring (bicyclic) bond motifs is 2. The highest BCUT2D eigenvalue weighted by Gasteiger charge is 2.54. The Morgan fingerprint density at radius 1 is 1.05 bits per heavy atom. The summed E-state index contributed by atoms with van der Waals surface area (Å²) in [7, 11) is 0. The minimum atomic E-state index is -0.545. The van der Waals surface area contributed by atoms with E-state index < -0.39 is 5.54 Å². The van der Waals surface area contributed by atoms with E-state index in [-0.39, 0.29) is 29.5 Å². The highest BCUT2D eigenvalue weighted by Crippen LogP contribution is 2.43. The summed E-state index contributed by atoms with van der Waals surface area (Å²) in [4.78, 5) is 29.8. The number of hydrogen-bond donors (Lipinski definition) is 0. The van der Waals surface area contributed by atoms with Gasteiger partial charge >= 0.3 is 11.9 Å². The van der Waals surface area contributed by atoms with Gasteiger partial charge in [0.15, 0.2) is 0 Å². The van der Waals surface area contributed by atoms with Crippen molar-refractivity contribution in [3.8, 4) is 0 Å². The molecular weight excluding hydrogens is 270 g/mol. The summed E-state index contributed by atoms with van der Waals surface area (Å²) in [6, 6.07) is 0. The zero-order valence-corrected chi connectivity index (χ0v) is 13.8. The van der Waals surface area contributed by atoms with Crippen LogP contribution in [0.2, 0.25) is 0 Å². The van der Waals surface area contributed by atoms with E-state index in [2.05, 4.69) is 20.8 Å². The molecule has 3 atom stereocenters. The molecule has 2 saturated heterocycles. The van der Waals surface area contributed by atoms with Crippen LogP contribution in [-0.4, -0.2) is 34.2 Å². The van der Waals surface area contributed by atoms with Gasteiger partial charge in [0.25, 0.3) is 0 Å². The first kappa shape index (κ1) is 16.3. The second-order valence-electron chi connectivity index (χ2n) is 7.52. The molecule has 0 aromatic carbocycles. The van der Waals surface area contributed by atoms with Crippen LogP contribution in [0.25, 0.3) is 0 Å². The maximum absolute atomic E-state index is 12.1. The van der Waals surface area contributed by atoms with Crippen LogP contribution < -0.4 is 0 Å². The van der Waals surface area contributed by atoms with Crippen molar-refractivity contribution in [2.24, 2.45) is 5.92 Å². The minimum absolute atomic E-state index is 0.172. The number of carbonyl (C=O) groups is 2. The fourth-order valence-corrected chi connectivity index (χ4v) is 3.96. The van der Waals surface area contributed by atoms with Crippen LogP contribution in [0.4, 0.5) is 0 Å².